The lowest BCUT2D eigenvalue weighted by Crippen LogP contribution is -2.06. The second-order valence-corrected chi connectivity index (χ2v) is 4.90. The summed E-state index contributed by atoms with van der Waals surface area (Å²) in [6.45, 7) is 0.0115. The Hall–Kier alpha value is -2.91. The van der Waals surface area contributed by atoms with Gasteiger partial charge in [-0.3, -0.25) is 0 Å². The Balaban J connectivity index is 1.78. The van der Waals surface area contributed by atoms with Crippen molar-refractivity contribution in [3.63, 3.8) is 0 Å². The average Bonchev–Trinajstić information content (AvgIpc) is 3.01. The zero-order valence-corrected chi connectivity index (χ0v) is 12.0. The Morgan fingerprint density at radius 3 is 2.95 bits per heavy atom. The number of hydrogen-bond donors (Lipinski definition) is 1. The molecule has 0 aliphatic rings. The van der Waals surface area contributed by atoms with Crippen molar-refractivity contribution >= 4 is 28.6 Å². The van der Waals surface area contributed by atoms with Gasteiger partial charge in [-0.05, 0) is 24.3 Å². The molecule has 0 saturated carbocycles. The van der Waals surface area contributed by atoms with Crippen LogP contribution in [0.15, 0.2) is 36.4 Å². The van der Waals surface area contributed by atoms with Crippen molar-refractivity contribution in [1.29, 1.82) is 5.26 Å². The van der Waals surface area contributed by atoms with Crippen molar-refractivity contribution in [3.8, 4) is 6.07 Å². The van der Waals surface area contributed by atoms with Crippen LogP contribution in [0.25, 0.3) is 11.0 Å². The lowest BCUT2D eigenvalue weighted by atomic mass is 10.1. The van der Waals surface area contributed by atoms with Gasteiger partial charge in [0.1, 0.15) is 17.6 Å². The van der Waals surface area contributed by atoms with Crippen LogP contribution >= 0.6 is 11.6 Å². The van der Waals surface area contributed by atoms with Crippen LogP contribution in [0.2, 0.25) is 5.02 Å². The van der Waals surface area contributed by atoms with E-state index in [4.69, 9.17) is 21.6 Å². The van der Waals surface area contributed by atoms with Crippen molar-refractivity contribution < 1.29 is 9.53 Å². The van der Waals surface area contributed by atoms with E-state index >= 15 is 0 Å². The summed E-state index contributed by atoms with van der Waals surface area (Å²) in [6, 6.07) is 11.9. The van der Waals surface area contributed by atoms with E-state index < -0.39 is 5.97 Å². The number of nitrogens with zero attached hydrogens (tertiary/aromatic N) is 3. The minimum atomic E-state index is -0.514. The number of fused-ring (bicyclic) bond motifs is 1. The number of carbonyl (C=O) groups is 1. The Morgan fingerprint density at radius 1 is 1.32 bits per heavy atom. The van der Waals surface area contributed by atoms with Gasteiger partial charge in [0, 0.05) is 10.6 Å². The summed E-state index contributed by atoms with van der Waals surface area (Å²) in [7, 11) is 0. The Kier molecular flexibility index (Phi) is 3.73. The molecule has 1 heterocycles. The lowest BCUT2D eigenvalue weighted by Gasteiger charge is -2.07. The predicted octanol–water partition coefficient (Wildman–Crippen LogP) is 2.84. The van der Waals surface area contributed by atoms with Crippen LogP contribution in [0.1, 0.15) is 21.5 Å². The van der Waals surface area contributed by atoms with Gasteiger partial charge in [0.25, 0.3) is 0 Å². The summed E-state index contributed by atoms with van der Waals surface area (Å²) in [6.07, 6.45) is 0. The molecule has 108 valence electrons. The highest BCUT2D eigenvalue weighted by atomic mass is 35.5. The number of esters is 1. The fraction of sp³-hybridized carbons (Fsp3) is 0.0667. The Labute approximate surface area is 130 Å². The zero-order chi connectivity index (χ0) is 15.5. The molecular weight excluding hydrogens is 304 g/mol. The molecule has 0 fully saturated rings. The molecule has 1 aromatic heterocycles. The third kappa shape index (κ3) is 2.62. The average molecular weight is 313 g/mol. The molecule has 6 nitrogen and oxygen atoms in total. The third-order valence-corrected chi connectivity index (χ3v) is 3.46. The first kappa shape index (κ1) is 14.0. The fourth-order valence-electron chi connectivity index (χ4n) is 1.99. The number of rotatable bonds is 3. The standard InChI is InChI=1S/C15H9ClN4O2/c16-12-6-9(7-17)4-5-10(12)8-22-15(21)11-2-1-3-13-14(11)19-20-18-13/h1-6H,8H2,(H,18,19,20). The number of hydrogen-bond acceptors (Lipinski definition) is 5. The van der Waals surface area contributed by atoms with E-state index in [0.29, 0.717) is 32.7 Å². The highest BCUT2D eigenvalue weighted by Gasteiger charge is 2.14. The molecule has 7 heteroatoms. The van der Waals surface area contributed by atoms with Gasteiger partial charge in [-0.15, -0.1) is 0 Å². The van der Waals surface area contributed by atoms with Gasteiger partial charge in [-0.2, -0.15) is 20.7 Å². The maximum atomic E-state index is 12.2. The highest BCUT2D eigenvalue weighted by Crippen LogP contribution is 2.20. The number of aromatic nitrogens is 3. The molecule has 0 aliphatic carbocycles. The van der Waals surface area contributed by atoms with E-state index in [1.165, 1.54) is 6.07 Å². The number of para-hydroxylation sites is 1. The number of nitrogens with one attached hydrogen (secondary N) is 1. The van der Waals surface area contributed by atoms with Crippen LogP contribution < -0.4 is 0 Å². The van der Waals surface area contributed by atoms with Crippen molar-refractivity contribution in [1.82, 2.24) is 15.4 Å². The number of halogens is 1. The first-order valence-corrected chi connectivity index (χ1v) is 6.72. The topological polar surface area (TPSA) is 91.7 Å². The van der Waals surface area contributed by atoms with Gasteiger partial charge >= 0.3 is 5.97 Å². The number of nitriles is 1. The number of benzene rings is 2. The van der Waals surface area contributed by atoms with E-state index in [-0.39, 0.29) is 6.61 Å². The van der Waals surface area contributed by atoms with E-state index in [1.807, 2.05) is 6.07 Å². The SMILES string of the molecule is N#Cc1ccc(COC(=O)c2cccc3n[nH]nc23)c(Cl)c1. The van der Waals surface area contributed by atoms with Crippen LogP contribution in [0, 0.1) is 11.3 Å². The number of H-pyrrole nitrogens is 1. The van der Waals surface area contributed by atoms with Gasteiger partial charge in [-0.1, -0.05) is 23.7 Å². The van der Waals surface area contributed by atoms with Crippen LogP contribution in [-0.2, 0) is 11.3 Å². The van der Waals surface area contributed by atoms with Gasteiger partial charge in [-0.25, -0.2) is 4.79 Å². The molecule has 0 radical (unpaired) electrons. The quantitative estimate of drug-likeness (QED) is 0.751. The summed E-state index contributed by atoms with van der Waals surface area (Å²) >= 11 is 6.05. The molecule has 2 aromatic carbocycles. The van der Waals surface area contributed by atoms with E-state index in [9.17, 15) is 4.79 Å². The zero-order valence-electron chi connectivity index (χ0n) is 11.2. The summed E-state index contributed by atoms with van der Waals surface area (Å²) in [5.74, 6) is -0.514. The highest BCUT2D eigenvalue weighted by molar-refractivity contribution is 6.31. The first-order chi connectivity index (χ1) is 10.7. The monoisotopic (exact) mass is 312 g/mol. The fourth-order valence-corrected chi connectivity index (χ4v) is 2.22. The third-order valence-electron chi connectivity index (χ3n) is 3.11. The van der Waals surface area contributed by atoms with Gasteiger partial charge in [0.05, 0.1) is 17.2 Å². The summed E-state index contributed by atoms with van der Waals surface area (Å²) in [5, 5.41) is 19.5. The lowest BCUT2D eigenvalue weighted by molar-refractivity contribution is 0.0475. The molecule has 0 amide bonds. The molecule has 3 aromatic rings. The molecule has 0 saturated heterocycles. The molecular formula is C15H9ClN4O2. The van der Waals surface area contributed by atoms with Crippen molar-refractivity contribution in [2.75, 3.05) is 0 Å². The molecule has 0 unspecified atom stereocenters. The molecule has 22 heavy (non-hydrogen) atoms. The van der Waals surface area contributed by atoms with Crippen molar-refractivity contribution in [3.05, 3.63) is 58.1 Å². The molecule has 0 aliphatic heterocycles. The van der Waals surface area contributed by atoms with Gasteiger partial charge < -0.3 is 4.74 Å². The number of carbonyl (C=O) groups excluding carboxylic acids is 1. The summed E-state index contributed by atoms with van der Waals surface area (Å²) < 4.78 is 5.26. The normalized spacial score (nSPS) is 10.4. The molecule has 0 bridgehead atoms. The minimum Gasteiger partial charge on any atom is -0.457 e. The molecule has 3 rings (SSSR count). The van der Waals surface area contributed by atoms with Crippen LogP contribution in [0.3, 0.4) is 0 Å². The van der Waals surface area contributed by atoms with Gasteiger partial charge in [0.2, 0.25) is 0 Å². The minimum absolute atomic E-state index is 0.0115. The molecule has 1 N–H and O–H groups in total. The van der Waals surface area contributed by atoms with Gasteiger partial charge in [0.15, 0.2) is 0 Å². The van der Waals surface area contributed by atoms with Crippen LogP contribution in [-0.4, -0.2) is 21.4 Å². The van der Waals surface area contributed by atoms with Crippen molar-refractivity contribution in [2.45, 2.75) is 6.61 Å². The number of ether oxygens (including phenoxy) is 1. The van der Waals surface area contributed by atoms with E-state index in [0.717, 1.165) is 0 Å². The number of aromatic amines is 1. The predicted molar refractivity (Wildman–Crippen MR) is 79.2 cm³/mol. The summed E-state index contributed by atoms with van der Waals surface area (Å²) in [4.78, 5) is 12.2. The van der Waals surface area contributed by atoms with Crippen molar-refractivity contribution in [2.24, 2.45) is 0 Å². The summed E-state index contributed by atoms with van der Waals surface area (Å²) in [5.41, 5.74) is 2.45. The van der Waals surface area contributed by atoms with Crippen LogP contribution in [0.5, 0.6) is 0 Å². The van der Waals surface area contributed by atoms with Crippen LogP contribution in [0.4, 0.5) is 0 Å². The maximum Gasteiger partial charge on any atom is 0.340 e. The van der Waals surface area contributed by atoms with E-state index in [1.54, 1.807) is 30.3 Å². The maximum absolute atomic E-state index is 12.2. The molecule has 0 atom stereocenters. The van der Waals surface area contributed by atoms with E-state index in [2.05, 4.69) is 15.4 Å². The second-order valence-electron chi connectivity index (χ2n) is 4.49. The second kappa shape index (κ2) is 5.84. The Morgan fingerprint density at radius 2 is 2.18 bits per heavy atom. The smallest absolute Gasteiger partial charge is 0.340 e. The largest absolute Gasteiger partial charge is 0.457 e. The Bertz CT molecular complexity index is 898. The molecule has 0 spiro atoms. The first-order valence-electron chi connectivity index (χ1n) is 6.34.